The zero-order valence-electron chi connectivity index (χ0n) is 15.3. The smallest absolute Gasteiger partial charge is 0.254 e. The van der Waals surface area contributed by atoms with Gasteiger partial charge in [-0.3, -0.25) is 9.48 Å². The van der Waals surface area contributed by atoms with Crippen molar-refractivity contribution in [2.75, 3.05) is 19.7 Å². The summed E-state index contributed by atoms with van der Waals surface area (Å²) in [4.78, 5) is 15.3. The number of likely N-dealkylation sites (tertiary alicyclic amines) is 1. The Bertz CT molecular complexity index is 940. The van der Waals surface area contributed by atoms with Gasteiger partial charge in [0.05, 0.1) is 22.8 Å². The Morgan fingerprint density at radius 2 is 2.21 bits per heavy atom. The zero-order valence-corrected chi connectivity index (χ0v) is 18.4. The Labute approximate surface area is 185 Å². The highest BCUT2D eigenvalue weighted by Crippen LogP contribution is 2.44. The molecule has 154 valence electrons. The highest BCUT2D eigenvalue weighted by atomic mass is 79.9. The molecular weight excluding hydrogens is 482 g/mol. The first-order valence-electron chi connectivity index (χ1n) is 9.41. The van der Waals surface area contributed by atoms with Crippen molar-refractivity contribution in [1.82, 2.24) is 14.7 Å². The number of carbonyl (C=O) groups excluding carboxylic acids is 1. The third kappa shape index (κ3) is 3.62. The number of benzene rings is 1. The second kappa shape index (κ2) is 7.86. The van der Waals surface area contributed by atoms with Crippen molar-refractivity contribution < 1.29 is 19.4 Å². The summed E-state index contributed by atoms with van der Waals surface area (Å²) in [6.07, 6.45) is 3.26. The summed E-state index contributed by atoms with van der Waals surface area (Å²) in [5, 5.41) is 16.0. The third-order valence-corrected chi connectivity index (χ3v) is 7.39. The molecule has 1 amide bonds. The van der Waals surface area contributed by atoms with Gasteiger partial charge < -0.3 is 19.5 Å². The Morgan fingerprint density at radius 1 is 1.38 bits per heavy atom. The third-order valence-electron chi connectivity index (χ3n) is 5.53. The summed E-state index contributed by atoms with van der Waals surface area (Å²) >= 11 is 10.9. The fourth-order valence-electron chi connectivity index (χ4n) is 3.80. The highest BCUT2D eigenvalue weighted by molar-refractivity contribution is 9.10. The van der Waals surface area contributed by atoms with Crippen LogP contribution in [0.25, 0.3) is 0 Å². The van der Waals surface area contributed by atoms with Gasteiger partial charge in [0.15, 0.2) is 0 Å². The van der Waals surface area contributed by atoms with E-state index in [1.165, 1.54) is 11.8 Å². The maximum atomic E-state index is 12.8. The number of rotatable bonds is 4. The van der Waals surface area contributed by atoms with E-state index in [4.69, 9.17) is 21.1 Å². The quantitative estimate of drug-likeness (QED) is 0.696. The molecule has 0 bridgehead atoms. The van der Waals surface area contributed by atoms with Crippen molar-refractivity contribution in [3.8, 4) is 0 Å². The molecule has 3 saturated heterocycles. The number of nitrogens with zero attached hydrogens (tertiary/aromatic N) is 3. The van der Waals surface area contributed by atoms with E-state index in [1.807, 2.05) is 11.1 Å². The van der Waals surface area contributed by atoms with Crippen LogP contribution in [0, 0.1) is 0 Å². The van der Waals surface area contributed by atoms with Crippen LogP contribution < -0.4 is 0 Å². The SMILES string of the molecule is O=C(c1ccc(Cl)cc1SC1OC2COC2C(n2cc(Br)cn2)C1O)N1CCC1. The molecule has 10 heteroatoms. The molecule has 0 radical (unpaired) electrons. The molecule has 3 fully saturated rings. The second-order valence-electron chi connectivity index (χ2n) is 7.36. The highest BCUT2D eigenvalue weighted by Gasteiger charge is 2.52. The molecule has 29 heavy (non-hydrogen) atoms. The maximum Gasteiger partial charge on any atom is 0.254 e. The van der Waals surface area contributed by atoms with Crippen LogP contribution in [0.3, 0.4) is 0 Å². The number of fused-ring (bicyclic) bond motifs is 1. The number of carbonyl (C=O) groups is 1. The van der Waals surface area contributed by atoms with Gasteiger partial charge in [0.1, 0.15) is 29.8 Å². The zero-order chi connectivity index (χ0) is 20.1. The van der Waals surface area contributed by atoms with Crippen molar-refractivity contribution in [3.63, 3.8) is 0 Å². The number of amides is 1. The molecule has 2 aromatic rings. The van der Waals surface area contributed by atoms with E-state index in [0.29, 0.717) is 22.1 Å². The van der Waals surface area contributed by atoms with Crippen molar-refractivity contribution in [1.29, 1.82) is 0 Å². The van der Waals surface area contributed by atoms with Crippen LogP contribution in [-0.2, 0) is 9.47 Å². The minimum atomic E-state index is -0.876. The van der Waals surface area contributed by atoms with E-state index in [0.717, 1.165) is 24.0 Å². The van der Waals surface area contributed by atoms with Gasteiger partial charge in [-0.2, -0.15) is 5.10 Å². The Balaban J connectivity index is 1.42. The lowest BCUT2D eigenvalue weighted by Crippen LogP contribution is -2.62. The molecule has 7 nitrogen and oxygen atoms in total. The summed E-state index contributed by atoms with van der Waals surface area (Å²) in [6.45, 7) is 2.01. The number of halogens is 2. The van der Waals surface area contributed by atoms with Crippen molar-refractivity contribution >= 4 is 45.2 Å². The number of aromatic nitrogens is 2. The first kappa shape index (κ1) is 19.8. The average molecular weight is 501 g/mol. The molecule has 0 saturated carbocycles. The topological polar surface area (TPSA) is 76.8 Å². The number of aliphatic hydroxyl groups is 1. The summed E-state index contributed by atoms with van der Waals surface area (Å²) in [6, 6.07) is 4.85. The summed E-state index contributed by atoms with van der Waals surface area (Å²) < 4.78 is 14.3. The molecule has 3 aliphatic heterocycles. The molecule has 4 heterocycles. The number of ether oxygens (including phenoxy) is 2. The minimum Gasteiger partial charge on any atom is -0.387 e. The van der Waals surface area contributed by atoms with Gasteiger partial charge in [0.2, 0.25) is 0 Å². The van der Waals surface area contributed by atoms with Gasteiger partial charge >= 0.3 is 0 Å². The number of hydrogen-bond acceptors (Lipinski definition) is 6. The molecular formula is C19H19BrClN3O4S. The van der Waals surface area contributed by atoms with Gasteiger partial charge in [-0.25, -0.2) is 0 Å². The molecule has 5 atom stereocenters. The van der Waals surface area contributed by atoms with Crippen molar-refractivity contribution in [2.24, 2.45) is 0 Å². The van der Waals surface area contributed by atoms with Crippen LogP contribution in [0.2, 0.25) is 5.02 Å². The minimum absolute atomic E-state index is 0.0156. The van der Waals surface area contributed by atoms with Gasteiger partial charge in [-0.1, -0.05) is 23.4 Å². The molecule has 0 aliphatic carbocycles. The first-order chi connectivity index (χ1) is 14.0. The molecule has 3 aliphatic rings. The number of hydrogen-bond donors (Lipinski definition) is 1. The van der Waals surface area contributed by atoms with Gasteiger partial charge in [-0.15, -0.1) is 0 Å². The number of aliphatic hydroxyl groups excluding tert-OH is 1. The van der Waals surface area contributed by atoms with Crippen LogP contribution in [0.4, 0.5) is 0 Å². The Morgan fingerprint density at radius 3 is 2.83 bits per heavy atom. The van der Waals surface area contributed by atoms with Crippen molar-refractivity contribution in [2.45, 2.75) is 41.1 Å². The molecule has 1 N–H and O–H groups in total. The molecule has 1 aromatic heterocycles. The van der Waals surface area contributed by atoms with Crippen LogP contribution in [0.1, 0.15) is 22.8 Å². The van der Waals surface area contributed by atoms with E-state index in [2.05, 4.69) is 21.0 Å². The van der Waals surface area contributed by atoms with Gasteiger partial charge in [0, 0.05) is 29.2 Å². The molecule has 0 spiro atoms. The largest absolute Gasteiger partial charge is 0.387 e. The van der Waals surface area contributed by atoms with Crippen LogP contribution in [0.15, 0.2) is 40.0 Å². The van der Waals surface area contributed by atoms with Crippen LogP contribution >= 0.6 is 39.3 Å². The second-order valence-corrected chi connectivity index (χ2v) is 9.86. The lowest BCUT2D eigenvalue weighted by Gasteiger charge is -2.50. The molecule has 5 rings (SSSR count). The lowest BCUT2D eigenvalue weighted by atomic mass is 9.93. The molecule has 1 aromatic carbocycles. The van der Waals surface area contributed by atoms with E-state index < -0.39 is 11.5 Å². The fraction of sp³-hybridized carbons (Fsp3) is 0.474. The monoisotopic (exact) mass is 499 g/mol. The van der Waals surface area contributed by atoms with Gasteiger partial charge in [0.25, 0.3) is 5.91 Å². The molecule has 5 unspecified atom stereocenters. The van der Waals surface area contributed by atoms with E-state index >= 15 is 0 Å². The van der Waals surface area contributed by atoms with Crippen LogP contribution in [-0.4, -0.2) is 69.1 Å². The van der Waals surface area contributed by atoms with Crippen LogP contribution in [0.5, 0.6) is 0 Å². The van der Waals surface area contributed by atoms with E-state index in [9.17, 15) is 9.90 Å². The summed E-state index contributed by atoms with van der Waals surface area (Å²) in [7, 11) is 0. The van der Waals surface area contributed by atoms with Gasteiger partial charge in [-0.05, 0) is 40.5 Å². The van der Waals surface area contributed by atoms with E-state index in [1.54, 1.807) is 29.1 Å². The summed E-state index contributed by atoms with van der Waals surface area (Å²) in [5.41, 5.74) is 0.00907. The fourth-order valence-corrected chi connectivity index (χ4v) is 5.56. The lowest BCUT2D eigenvalue weighted by molar-refractivity contribution is -0.266. The normalized spacial score (nSPS) is 31.0. The first-order valence-corrected chi connectivity index (χ1v) is 11.5. The van der Waals surface area contributed by atoms with E-state index in [-0.39, 0.29) is 24.2 Å². The average Bonchev–Trinajstić information content (AvgIpc) is 3.05. The standard InChI is InChI=1S/C19H19BrClN3O4S/c20-10-7-22-24(8-10)15-16(25)19(28-13-9-27-17(13)15)29-14-6-11(21)2-3-12(14)18(26)23-4-1-5-23/h2-3,6-8,13,15-17,19,25H,1,4-5,9H2. The summed E-state index contributed by atoms with van der Waals surface area (Å²) in [5.74, 6) is -0.0156. The number of thioether (sulfide) groups is 1. The predicted octanol–water partition coefficient (Wildman–Crippen LogP) is 2.96. The van der Waals surface area contributed by atoms with Crippen molar-refractivity contribution in [3.05, 3.63) is 45.7 Å². The predicted molar refractivity (Wildman–Crippen MR) is 111 cm³/mol. The Kier molecular flexibility index (Phi) is 5.38. The Hall–Kier alpha value is -1.10. The maximum absolute atomic E-state index is 12.8.